The Balaban J connectivity index is 2.36. The van der Waals surface area contributed by atoms with Crippen LogP contribution in [0.5, 0.6) is 0 Å². The summed E-state index contributed by atoms with van der Waals surface area (Å²) < 4.78 is 59.2. The summed E-state index contributed by atoms with van der Waals surface area (Å²) in [5, 5.41) is 0.309. The van der Waals surface area contributed by atoms with Gasteiger partial charge >= 0.3 is 6.18 Å². The number of rotatable bonds is 2. The third kappa shape index (κ3) is 3.26. The van der Waals surface area contributed by atoms with Gasteiger partial charge in [0.1, 0.15) is 0 Å². The molecule has 1 aromatic carbocycles. The van der Waals surface area contributed by atoms with Crippen molar-refractivity contribution in [3.63, 3.8) is 0 Å². The van der Waals surface area contributed by atoms with Gasteiger partial charge in [-0.25, -0.2) is 13.4 Å². The number of alkyl halides is 3. The lowest BCUT2D eigenvalue weighted by molar-refractivity contribution is -0.137. The normalized spacial score (nSPS) is 12.6. The maximum absolute atomic E-state index is 12.4. The van der Waals surface area contributed by atoms with Crippen molar-refractivity contribution in [1.29, 1.82) is 0 Å². The Morgan fingerprint density at radius 2 is 1.74 bits per heavy atom. The third-order valence-electron chi connectivity index (χ3n) is 2.18. The van der Waals surface area contributed by atoms with Gasteiger partial charge in [0.2, 0.25) is 0 Å². The maximum Gasteiger partial charge on any atom is 0.443 e. The monoisotopic (exact) mass is 327 g/mol. The molecule has 0 radical (unpaired) electrons. The Bertz CT molecular complexity index is 692. The zero-order valence-corrected chi connectivity index (χ0v) is 11.4. The summed E-state index contributed by atoms with van der Waals surface area (Å²) in [6, 6.07) is 5.13. The molecule has 3 nitrogen and oxygen atoms in total. The summed E-state index contributed by atoms with van der Waals surface area (Å²) >= 11 is 0.481. The maximum atomic E-state index is 12.4. The summed E-state index contributed by atoms with van der Waals surface area (Å²) in [4.78, 5) is 3.33. The van der Waals surface area contributed by atoms with E-state index >= 15 is 0 Å². The average Bonchev–Trinajstić information content (AvgIpc) is 2.77. The van der Waals surface area contributed by atoms with Crippen molar-refractivity contribution in [2.75, 3.05) is 0 Å². The molecule has 2 aromatic rings. The summed E-state index contributed by atoms with van der Waals surface area (Å²) in [7, 11) is 1.29. The molecule has 2 rings (SSSR count). The molecule has 0 N–H and O–H groups in total. The Hall–Kier alpha value is -1.12. The largest absolute Gasteiger partial charge is 0.443 e. The van der Waals surface area contributed by atoms with Crippen LogP contribution in [0.1, 0.15) is 5.01 Å². The molecule has 0 atom stereocenters. The fourth-order valence-corrected chi connectivity index (χ4v) is 2.79. The van der Waals surface area contributed by atoms with Gasteiger partial charge in [0, 0.05) is 21.6 Å². The highest BCUT2D eigenvalue weighted by Crippen LogP contribution is 2.34. The Labute approximate surface area is 115 Å². The van der Waals surface area contributed by atoms with E-state index in [9.17, 15) is 21.6 Å². The van der Waals surface area contributed by atoms with Crippen molar-refractivity contribution in [2.45, 2.75) is 11.1 Å². The van der Waals surface area contributed by atoms with Gasteiger partial charge in [0.15, 0.2) is 5.01 Å². The Morgan fingerprint density at radius 3 is 2.16 bits per heavy atom. The van der Waals surface area contributed by atoms with E-state index < -0.39 is 20.2 Å². The van der Waals surface area contributed by atoms with E-state index in [4.69, 9.17) is 10.7 Å². The predicted molar refractivity (Wildman–Crippen MR) is 65.6 cm³/mol. The molecule has 0 bridgehead atoms. The SMILES string of the molecule is O=S(=O)(Cl)c1ccc(-c2csc(C(F)(F)F)n2)cc1. The molecule has 1 aromatic heterocycles. The van der Waals surface area contributed by atoms with E-state index in [1.54, 1.807) is 0 Å². The van der Waals surface area contributed by atoms with E-state index in [1.165, 1.54) is 29.6 Å². The fourth-order valence-electron chi connectivity index (χ4n) is 1.32. The smallest absolute Gasteiger partial charge is 0.232 e. The minimum Gasteiger partial charge on any atom is -0.232 e. The van der Waals surface area contributed by atoms with Crippen LogP contribution in [0.4, 0.5) is 13.2 Å². The van der Waals surface area contributed by atoms with Crippen molar-refractivity contribution in [3.8, 4) is 11.3 Å². The summed E-state index contributed by atoms with van der Waals surface area (Å²) in [5.41, 5.74) is 0.520. The van der Waals surface area contributed by atoms with Crippen molar-refractivity contribution < 1.29 is 21.6 Å². The van der Waals surface area contributed by atoms with Crippen LogP contribution in [0.15, 0.2) is 34.5 Å². The zero-order valence-electron chi connectivity index (χ0n) is 8.98. The van der Waals surface area contributed by atoms with Crippen molar-refractivity contribution >= 4 is 31.1 Å². The van der Waals surface area contributed by atoms with Gasteiger partial charge in [-0.2, -0.15) is 13.2 Å². The molecule has 0 spiro atoms. The molecule has 19 heavy (non-hydrogen) atoms. The second-order valence-electron chi connectivity index (χ2n) is 3.50. The first-order valence-electron chi connectivity index (χ1n) is 4.76. The first-order chi connectivity index (χ1) is 8.68. The molecule has 9 heteroatoms. The molecule has 0 fully saturated rings. The Kier molecular flexibility index (Phi) is 3.59. The predicted octanol–water partition coefficient (Wildman–Crippen LogP) is 3.76. The number of benzene rings is 1. The Morgan fingerprint density at radius 1 is 1.16 bits per heavy atom. The van der Waals surface area contributed by atoms with Crippen LogP contribution in [-0.4, -0.2) is 13.4 Å². The van der Waals surface area contributed by atoms with Crippen LogP contribution in [0, 0.1) is 0 Å². The van der Waals surface area contributed by atoms with Crippen LogP contribution >= 0.6 is 22.0 Å². The molecule has 0 aliphatic carbocycles. The van der Waals surface area contributed by atoms with Gasteiger partial charge in [0.25, 0.3) is 9.05 Å². The van der Waals surface area contributed by atoms with Gasteiger partial charge in [-0.05, 0) is 12.1 Å². The van der Waals surface area contributed by atoms with E-state index in [0.717, 1.165) is 0 Å². The second kappa shape index (κ2) is 4.77. The molecule has 0 unspecified atom stereocenters. The number of thiazole rings is 1. The number of nitrogens with zero attached hydrogens (tertiary/aromatic N) is 1. The molecule has 0 aliphatic heterocycles. The highest BCUT2D eigenvalue weighted by atomic mass is 35.7. The average molecular weight is 328 g/mol. The number of aromatic nitrogens is 1. The van der Waals surface area contributed by atoms with E-state index in [2.05, 4.69) is 4.98 Å². The van der Waals surface area contributed by atoms with Gasteiger partial charge < -0.3 is 0 Å². The van der Waals surface area contributed by atoms with Gasteiger partial charge in [-0.15, -0.1) is 11.3 Å². The lowest BCUT2D eigenvalue weighted by Gasteiger charge is -2.00. The molecular formula is C10H5ClF3NO2S2. The summed E-state index contributed by atoms with van der Waals surface area (Å²) in [6.07, 6.45) is -4.48. The number of hydrogen-bond donors (Lipinski definition) is 0. The molecule has 1 heterocycles. The van der Waals surface area contributed by atoms with E-state index in [0.29, 0.717) is 16.9 Å². The van der Waals surface area contributed by atoms with Crippen LogP contribution < -0.4 is 0 Å². The molecule has 0 aliphatic rings. The van der Waals surface area contributed by atoms with Crippen LogP contribution in [0.25, 0.3) is 11.3 Å². The molecular weight excluding hydrogens is 323 g/mol. The van der Waals surface area contributed by atoms with Crippen molar-refractivity contribution in [3.05, 3.63) is 34.7 Å². The first kappa shape index (κ1) is 14.3. The van der Waals surface area contributed by atoms with Crippen molar-refractivity contribution in [1.82, 2.24) is 4.98 Å². The number of hydrogen-bond acceptors (Lipinski definition) is 4. The van der Waals surface area contributed by atoms with Gasteiger partial charge in [-0.1, -0.05) is 12.1 Å². The first-order valence-corrected chi connectivity index (χ1v) is 7.94. The van der Waals surface area contributed by atoms with Gasteiger partial charge in [-0.3, -0.25) is 0 Å². The minimum absolute atomic E-state index is 0.121. The minimum atomic E-state index is -4.48. The molecule has 0 amide bonds. The fraction of sp³-hybridized carbons (Fsp3) is 0.100. The van der Waals surface area contributed by atoms with E-state index in [-0.39, 0.29) is 10.6 Å². The third-order valence-corrected chi connectivity index (χ3v) is 4.44. The lowest BCUT2D eigenvalue weighted by Crippen LogP contribution is -2.03. The topological polar surface area (TPSA) is 47.0 Å². The molecule has 0 saturated heterocycles. The quantitative estimate of drug-likeness (QED) is 0.789. The lowest BCUT2D eigenvalue weighted by atomic mass is 10.2. The zero-order chi connectivity index (χ0) is 14.3. The van der Waals surface area contributed by atoms with E-state index in [1.807, 2.05) is 0 Å². The number of halogens is 4. The van der Waals surface area contributed by atoms with Crippen molar-refractivity contribution in [2.24, 2.45) is 0 Å². The van der Waals surface area contributed by atoms with Gasteiger partial charge in [0.05, 0.1) is 10.6 Å². The molecule has 0 saturated carbocycles. The molecule has 102 valence electrons. The van der Waals surface area contributed by atoms with Crippen LogP contribution in [0.3, 0.4) is 0 Å². The second-order valence-corrected chi connectivity index (χ2v) is 6.92. The standard InChI is InChI=1S/C10H5ClF3NO2S2/c11-19(16,17)7-3-1-6(2-4-7)8-5-18-9(15-8)10(12,13)14/h1-5H. The van der Waals surface area contributed by atoms with Crippen LogP contribution in [-0.2, 0) is 15.2 Å². The summed E-state index contributed by atoms with van der Waals surface area (Å²) in [6.45, 7) is 0. The highest BCUT2D eigenvalue weighted by Gasteiger charge is 2.34. The van der Waals surface area contributed by atoms with Crippen LogP contribution in [0.2, 0.25) is 0 Å². The summed E-state index contributed by atoms with van der Waals surface area (Å²) in [5.74, 6) is 0. The highest BCUT2D eigenvalue weighted by molar-refractivity contribution is 8.13.